The van der Waals surface area contributed by atoms with E-state index < -0.39 is 0 Å². The Hall–Kier alpha value is -0.870. The first kappa shape index (κ1) is 12.6. The third-order valence-electron chi connectivity index (χ3n) is 2.90. The van der Waals surface area contributed by atoms with Gasteiger partial charge in [0.15, 0.2) is 0 Å². The van der Waals surface area contributed by atoms with Gasteiger partial charge >= 0.3 is 0 Å². The predicted molar refractivity (Wildman–Crippen MR) is 75.4 cm³/mol. The number of rotatable bonds is 3. The van der Waals surface area contributed by atoms with Gasteiger partial charge in [0.1, 0.15) is 5.82 Å². The second-order valence-electron chi connectivity index (χ2n) is 4.55. The van der Waals surface area contributed by atoms with Crippen molar-refractivity contribution < 1.29 is 0 Å². The minimum atomic E-state index is 1.02. The van der Waals surface area contributed by atoms with Crippen LogP contribution >= 0.6 is 15.9 Å². The number of anilines is 1. The maximum atomic E-state index is 4.43. The van der Waals surface area contributed by atoms with Gasteiger partial charge in [-0.15, -0.1) is 0 Å². The Labute approximate surface area is 111 Å². The molecular formula is C13H18BrN3. The van der Waals surface area contributed by atoms with Gasteiger partial charge in [-0.25, -0.2) is 4.98 Å². The summed E-state index contributed by atoms with van der Waals surface area (Å²) in [5, 5.41) is 0. The van der Waals surface area contributed by atoms with Gasteiger partial charge in [-0.1, -0.05) is 12.2 Å². The summed E-state index contributed by atoms with van der Waals surface area (Å²) in [6, 6.07) is 4.11. The van der Waals surface area contributed by atoms with E-state index >= 15 is 0 Å². The molecule has 2 rings (SSSR count). The van der Waals surface area contributed by atoms with Gasteiger partial charge in [-0.3, -0.25) is 4.90 Å². The highest BCUT2D eigenvalue weighted by atomic mass is 79.9. The van der Waals surface area contributed by atoms with Crippen LogP contribution in [0.15, 0.2) is 35.0 Å². The molecular weight excluding hydrogens is 278 g/mol. The standard InChI is InChI=1S/C13H18BrN3/c1-11(2)10-16-5-7-17(8-6-16)13-4-3-12(14)9-15-13/h3-4,9H,1,5-8,10H2,2H3. The highest BCUT2D eigenvalue weighted by molar-refractivity contribution is 9.10. The molecule has 1 saturated heterocycles. The molecule has 1 aromatic rings. The number of hydrogen-bond donors (Lipinski definition) is 0. The van der Waals surface area contributed by atoms with E-state index in [4.69, 9.17) is 0 Å². The Morgan fingerprint density at radius 2 is 2.06 bits per heavy atom. The molecule has 1 aromatic heterocycles. The summed E-state index contributed by atoms with van der Waals surface area (Å²) >= 11 is 3.41. The quantitative estimate of drug-likeness (QED) is 0.799. The van der Waals surface area contributed by atoms with Crippen molar-refractivity contribution in [3.05, 3.63) is 35.0 Å². The SMILES string of the molecule is C=C(C)CN1CCN(c2ccc(Br)cn2)CC1. The van der Waals surface area contributed by atoms with E-state index in [1.165, 1.54) is 5.57 Å². The first-order valence-electron chi connectivity index (χ1n) is 5.88. The zero-order valence-corrected chi connectivity index (χ0v) is 11.8. The number of halogens is 1. The average molecular weight is 296 g/mol. The Morgan fingerprint density at radius 1 is 1.35 bits per heavy atom. The molecule has 1 aliphatic heterocycles. The lowest BCUT2D eigenvalue weighted by Gasteiger charge is -2.35. The summed E-state index contributed by atoms with van der Waals surface area (Å²) in [5.41, 5.74) is 1.24. The second-order valence-corrected chi connectivity index (χ2v) is 5.47. The van der Waals surface area contributed by atoms with Gasteiger partial charge in [0.2, 0.25) is 0 Å². The molecule has 0 bridgehead atoms. The van der Waals surface area contributed by atoms with E-state index in [2.05, 4.69) is 50.3 Å². The monoisotopic (exact) mass is 295 g/mol. The van der Waals surface area contributed by atoms with E-state index in [0.29, 0.717) is 0 Å². The zero-order chi connectivity index (χ0) is 12.3. The van der Waals surface area contributed by atoms with Crippen LogP contribution in [0, 0.1) is 0 Å². The van der Waals surface area contributed by atoms with E-state index in [1.807, 2.05) is 12.3 Å². The summed E-state index contributed by atoms with van der Waals surface area (Å²) in [5.74, 6) is 1.07. The number of nitrogens with zero attached hydrogens (tertiary/aromatic N) is 3. The molecule has 0 aromatic carbocycles. The molecule has 0 spiro atoms. The molecule has 4 heteroatoms. The molecule has 92 valence electrons. The fourth-order valence-electron chi connectivity index (χ4n) is 2.07. The van der Waals surface area contributed by atoms with Crippen molar-refractivity contribution in [2.45, 2.75) is 6.92 Å². The fourth-order valence-corrected chi connectivity index (χ4v) is 2.31. The number of pyridine rings is 1. The third kappa shape index (κ3) is 3.54. The van der Waals surface area contributed by atoms with E-state index in [0.717, 1.165) is 43.0 Å². The van der Waals surface area contributed by atoms with Crippen molar-refractivity contribution in [3.8, 4) is 0 Å². The Morgan fingerprint density at radius 3 is 2.59 bits per heavy atom. The van der Waals surface area contributed by atoms with Gasteiger partial charge < -0.3 is 4.90 Å². The smallest absolute Gasteiger partial charge is 0.128 e. The molecule has 0 aliphatic carbocycles. The number of hydrogen-bond acceptors (Lipinski definition) is 3. The van der Waals surface area contributed by atoms with Gasteiger partial charge in [0.25, 0.3) is 0 Å². The number of piperazine rings is 1. The summed E-state index contributed by atoms with van der Waals surface area (Å²) in [6.45, 7) is 11.3. The minimum Gasteiger partial charge on any atom is -0.354 e. The minimum absolute atomic E-state index is 1.02. The van der Waals surface area contributed by atoms with E-state index in [-0.39, 0.29) is 0 Å². The predicted octanol–water partition coefficient (Wildman–Crippen LogP) is 2.54. The number of aromatic nitrogens is 1. The van der Waals surface area contributed by atoms with Gasteiger partial charge in [0, 0.05) is 43.4 Å². The van der Waals surface area contributed by atoms with Crippen LogP contribution in [-0.4, -0.2) is 42.6 Å². The van der Waals surface area contributed by atoms with Crippen molar-refractivity contribution in [1.29, 1.82) is 0 Å². The molecule has 0 amide bonds. The zero-order valence-electron chi connectivity index (χ0n) is 10.2. The lowest BCUT2D eigenvalue weighted by atomic mass is 10.2. The van der Waals surface area contributed by atoms with E-state index in [1.54, 1.807) is 0 Å². The van der Waals surface area contributed by atoms with Gasteiger partial charge in [-0.05, 0) is 35.0 Å². The molecule has 3 nitrogen and oxygen atoms in total. The van der Waals surface area contributed by atoms with Crippen LogP contribution in [0.5, 0.6) is 0 Å². The highest BCUT2D eigenvalue weighted by Crippen LogP contribution is 2.16. The van der Waals surface area contributed by atoms with Crippen molar-refractivity contribution in [3.63, 3.8) is 0 Å². The first-order chi connectivity index (χ1) is 8.15. The highest BCUT2D eigenvalue weighted by Gasteiger charge is 2.17. The molecule has 17 heavy (non-hydrogen) atoms. The molecule has 0 saturated carbocycles. The molecule has 0 N–H and O–H groups in total. The summed E-state index contributed by atoms with van der Waals surface area (Å²) < 4.78 is 1.03. The van der Waals surface area contributed by atoms with Crippen LogP contribution in [0.4, 0.5) is 5.82 Å². The Kier molecular flexibility index (Phi) is 4.18. The van der Waals surface area contributed by atoms with Crippen LogP contribution in [0.3, 0.4) is 0 Å². The van der Waals surface area contributed by atoms with Crippen LogP contribution in [0.2, 0.25) is 0 Å². The lowest BCUT2D eigenvalue weighted by molar-refractivity contribution is 0.278. The van der Waals surface area contributed by atoms with Crippen LogP contribution in [0.1, 0.15) is 6.92 Å². The maximum absolute atomic E-state index is 4.43. The van der Waals surface area contributed by atoms with Crippen LogP contribution in [0.25, 0.3) is 0 Å². The average Bonchev–Trinajstić information content (AvgIpc) is 2.30. The molecule has 0 radical (unpaired) electrons. The molecule has 0 unspecified atom stereocenters. The first-order valence-corrected chi connectivity index (χ1v) is 6.67. The summed E-state index contributed by atoms with van der Waals surface area (Å²) in [4.78, 5) is 9.21. The van der Waals surface area contributed by atoms with E-state index in [9.17, 15) is 0 Å². The Bertz CT molecular complexity index is 380. The molecule has 1 aliphatic rings. The normalized spacial score (nSPS) is 17.2. The second kappa shape index (κ2) is 5.65. The largest absolute Gasteiger partial charge is 0.354 e. The van der Waals surface area contributed by atoms with Crippen molar-refractivity contribution in [2.24, 2.45) is 0 Å². The summed E-state index contributed by atoms with van der Waals surface area (Å²) in [6.07, 6.45) is 1.86. The molecule has 0 atom stereocenters. The topological polar surface area (TPSA) is 19.4 Å². The molecule has 2 heterocycles. The molecule has 1 fully saturated rings. The van der Waals surface area contributed by atoms with Gasteiger partial charge in [0.05, 0.1) is 0 Å². The van der Waals surface area contributed by atoms with Crippen LogP contribution in [-0.2, 0) is 0 Å². The summed E-state index contributed by atoms with van der Waals surface area (Å²) in [7, 11) is 0. The van der Waals surface area contributed by atoms with Crippen LogP contribution < -0.4 is 4.90 Å². The third-order valence-corrected chi connectivity index (χ3v) is 3.37. The van der Waals surface area contributed by atoms with Crippen molar-refractivity contribution in [1.82, 2.24) is 9.88 Å². The van der Waals surface area contributed by atoms with Gasteiger partial charge in [-0.2, -0.15) is 0 Å². The maximum Gasteiger partial charge on any atom is 0.128 e. The Balaban J connectivity index is 1.90. The fraction of sp³-hybridized carbons (Fsp3) is 0.462. The van der Waals surface area contributed by atoms with Crippen molar-refractivity contribution in [2.75, 3.05) is 37.6 Å². The van der Waals surface area contributed by atoms with Crippen molar-refractivity contribution >= 4 is 21.7 Å². The lowest BCUT2D eigenvalue weighted by Crippen LogP contribution is -2.47.